The van der Waals surface area contributed by atoms with Gasteiger partial charge in [-0.2, -0.15) is 0 Å². The van der Waals surface area contributed by atoms with Crippen LogP contribution in [-0.2, 0) is 9.59 Å². The SMILES string of the molecule is C[C@@H](CC(=O)Nc1cncc(C(=O)O)c1N)NC(=O)[C@@H](N)C1CCCCC1. The molecule has 148 valence electrons. The van der Waals surface area contributed by atoms with Crippen molar-refractivity contribution in [2.45, 2.75) is 57.5 Å². The number of anilines is 2. The first-order chi connectivity index (χ1) is 12.8. The Morgan fingerprint density at radius 1 is 1.26 bits per heavy atom. The zero-order valence-electron chi connectivity index (χ0n) is 15.4. The Bertz CT molecular complexity index is 703. The van der Waals surface area contributed by atoms with Crippen LogP contribution in [0.25, 0.3) is 0 Å². The second-order valence-electron chi connectivity index (χ2n) is 7.04. The van der Waals surface area contributed by atoms with Crippen molar-refractivity contribution in [2.75, 3.05) is 11.1 Å². The topological polar surface area (TPSA) is 160 Å². The van der Waals surface area contributed by atoms with Gasteiger partial charge in [0, 0.05) is 18.7 Å². The summed E-state index contributed by atoms with van der Waals surface area (Å²) in [5.41, 5.74) is 11.7. The second-order valence-corrected chi connectivity index (χ2v) is 7.04. The van der Waals surface area contributed by atoms with Crippen LogP contribution in [-0.4, -0.2) is 40.0 Å². The number of carbonyl (C=O) groups excluding carboxylic acids is 2. The van der Waals surface area contributed by atoms with Crippen LogP contribution in [0.2, 0.25) is 0 Å². The third-order valence-electron chi connectivity index (χ3n) is 4.83. The maximum Gasteiger partial charge on any atom is 0.339 e. The number of carboxylic acid groups (broad SMARTS) is 1. The Morgan fingerprint density at radius 3 is 2.56 bits per heavy atom. The minimum Gasteiger partial charge on any atom is -0.478 e. The van der Waals surface area contributed by atoms with Crippen LogP contribution in [0.4, 0.5) is 11.4 Å². The number of rotatable bonds is 7. The van der Waals surface area contributed by atoms with Crippen molar-refractivity contribution < 1.29 is 19.5 Å². The lowest BCUT2D eigenvalue weighted by atomic mass is 9.84. The maximum atomic E-state index is 12.3. The van der Waals surface area contributed by atoms with Crippen LogP contribution in [0.1, 0.15) is 55.8 Å². The molecular weight excluding hydrogens is 350 g/mol. The van der Waals surface area contributed by atoms with Crippen molar-refractivity contribution in [3.05, 3.63) is 18.0 Å². The molecule has 9 heteroatoms. The summed E-state index contributed by atoms with van der Waals surface area (Å²) in [6, 6.07) is -0.994. The van der Waals surface area contributed by atoms with Crippen molar-refractivity contribution in [1.82, 2.24) is 10.3 Å². The highest BCUT2D eigenvalue weighted by atomic mass is 16.4. The number of hydrogen-bond donors (Lipinski definition) is 5. The second kappa shape index (κ2) is 9.31. The van der Waals surface area contributed by atoms with Crippen LogP contribution in [0.3, 0.4) is 0 Å². The van der Waals surface area contributed by atoms with E-state index in [0.29, 0.717) is 0 Å². The van der Waals surface area contributed by atoms with Gasteiger partial charge >= 0.3 is 5.97 Å². The van der Waals surface area contributed by atoms with Gasteiger partial charge in [-0.25, -0.2) is 4.79 Å². The molecule has 1 aliphatic rings. The number of nitrogens with two attached hydrogens (primary N) is 2. The lowest BCUT2D eigenvalue weighted by Crippen LogP contribution is -2.49. The average molecular weight is 377 g/mol. The fourth-order valence-electron chi connectivity index (χ4n) is 3.32. The predicted octanol–water partition coefficient (Wildman–Crippen LogP) is 1.10. The molecule has 0 saturated heterocycles. The number of carboxylic acids is 1. The number of nitrogens with one attached hydrogen (secondary N) is 2. The van der Waals surface area contributed by atoms with Gasteiger partial charge in [0.05, 0.1) is 23.6 Å². The molecule has 1 fully saturated rings. The molecular formula is C18H27N5O4. The normalized spacial score (nSPS) is 17.0. The third kappa shape index (κ3) is 5.65. The number of nitrogens with zero attached hydrogens (tertiary/aromatic N) is 1. The maximum absolute atomic E-state index is 12.3. The standard InChI is InChI=1S/C18H27N5O4/c1-10(22-17(25)15(19)11-5-3-2-4-6-11)7-14(24)23-13-9-21-8-12(16(13)20)18(26)27/h8-11,15H,2-7,19H2,1H3,(H2,20,21)(H,22,25)(H,23,24)(H,26,27)/t10-,15-/m0/s1. The number of nitrogen functional groups attached to an aromatic ring is 1. The Kier molecular flexibility index (Phi) is 7.12. The van der Waals surface area contributed by atoms with Crippen molar-refractivity contribution in [3.63, 3.8) is 0 Å². The average Bonchev–Trinajstić information content (AvgIpc) is 2.63. The molecule has 0 aliphatic heterocycles. The Hall–Kier alpha value is -2.68. The molecule has 1 aromatic rings. The highest BCUT2D eigenvalue weighted by Gasteiger charge is 2.27. The summed E-state index contributed by atoms with van der Waals surface area (Å²) in [7, 11) is 0. The Morgan fingerprint density at radius 2 is 1.93 bits per heavy atom. The molecule has 0 aromatic carbocycles. The van der Waals surface area contributed by atoms with Gasteiger partial charge in [-0.05, 0) is 25.7 Å². The zero-order valence-corrected chi connectivity index (χ0v) is 15.4. The lowest BCUT2D eigenvalue weighted by molar-refractivity contribution is -0.124. The molecule has 2 rings (SSSR count). The summed E-state index contributed by atoms with van der Waals surface area (Å²) in [5, 5.41) is 14.3. The number of aromatic carboxylic acids is 1. The molecule has 0 unspecified atom stereocenters. The quantitative estimate of drug-likeness (QED) is 0.475. The lowest BCUT2D eigenvalue weighted by Gasteiger charge is -2.27. The number of pyridine rings is 1. The Labute approximate surface area is 157 Å². The minimum atomic E-state index is -1.23. The minimum absolute atomic E-state index is 0.000133. The van der Waals surface area contributed by atoms with E-state index in [-0.39, 0.29) is 35.2 Å². The van der Waals surface area contributed by atoms with E-state index < -0.39 is 24.0 Å². The molecule has 0 bridgehead atoms. The van der Waals surface area contributed by atoms with E-state index in [0.717, 1.165) is 31.9 Å². The van der Waals surface area contributed by atoms with Crippen molar-refractivity contribution in [1.29, 1.82) is 0 Å². The molecule has 7 N–H and O–H groups in total. The van der Waals surface area contributed by atoms with Crippen LogP contribution in [0, 0.1) is 5.92 Å². The summed E-state index contributed by atoms with van der Waals surface area (Å²) in [5.74, 6) is -1.71. The zero-order chi connectivity index (χ0) is 20.0. The molecule has 0 radical (unpaired) electrons. The van der Waals surface area contributed by atoms with E-state index in [1.54, 1.807) is 6.92 Å². The van der Waals surface area contributed by atoms with Crippen LogP contribution >= 0.6 is 0 Å². The smallest absolute Gasteiger partial charge is 0.339 e. The van der Waals surface area contributed by atoms with Gasteiger partial charge < -0.3 is 27.2 Å². The van der Waals surface area contributed by atoms with Gasteiger partial charge in [0.2, 0.25) is 11.8 Å². The van der Waals surface area contributed by atoms with Crippen molar-refractivity contribution in [2.24, 2.45) is 11.7 Å². The summed E-state index contributed by atoms with van der Waals surface area (Å²) in [6.45, 7) is 1.71. The van der Waals surface area contributed by atoms with Gasteiger partial charge in [-0.15, -0.1) is 0 Å². The van der Waals surface area contributed by atoms with E-state index in [2.05, 4.69) is 15.6 Å². The molecule has 1 saturated carbocycles. The van der Waals surface area contributed by atoms with E-state index >= 15 is 0 Å². The fourth-order valence-corrected chi connectivity index (χ4v) is 3.32. The summed E-state index contributed by atoms with van der Waals surface area (Å²) in [6.07, 6.45) is 7.67. The van der Waals surface area contributed by atoms with Gasteiger partial charge in [0.15, 0.2) is 0 Å². The van der Waals surface area contributed by atoms with Crippen LogP contribution in [0.15, 0.2) is 12.4 Å². The van der Waals surface area contributed by atoms with E-state index in [4.69, 9.17) is 16.6 Å². The molecule has 1 heterocycles. The monoisotopic (exact) mass is 377 g/mol. The first-order valence-corrected chi connectivity index (χ1v) is 9.12. The fraction of sp³-hybridized carbons (Fsp3) is 0.556. The summed E-state index contributed by atoms with van der Waals surface area (Å²) >= 11 is 0. The highest BCUT2D eigenvalue weighted by molar-refractivity contribution is 6.01. The highest BCUT2D eigenvalue weighted by Crippen LogP contribution is 2.26. The van der Waals surface area contributed by atoms with Gasteiger partial charge in [-0.3, -0.25) is 14.6 Å². The molecule has 2 atom stereocenters. The molecule has 0 spiro atoms. The Balaban J connectivity index is 1.87. The first-order valence-electron chi connectivity index (χ1n) is 9.12. The molecule has 1 aromatic heterocycles. The van der Waals surface area contributed by atoms with Crippen LogP contribution in [0.5, 0.6) is 0 Å². The van der Waals surface area contributed by atoms with E-state index in [1.165, 1.54) is 12.6 Å². The predicted molar refractivity (Wildman–Crippen MR) is 101 cm³/mol. The molecule has 9 nitrogen and oxygen atoms in total. The largest absolute Gasteiger partial charge is 0.478 e. The van der Waals surface area contributed by atoms with Gasteiger partial charge in [0.25, 0.3) is 0 Å². The number of carbonyl (C=O) groups is 3. The van der Waals surface area contributed by atoms with Crippen molar-refractivity contribution in [3.8, 4) is 0 Å². The third-order valence-corrected chi connectivity index (χ3v) is 4.83. The van der Waals surface area contributed by atoms with Gasteiger partial charge in [0.1, 0.15) is 5.56 Å². The first kappa shape index (κ1) is 20.6. The number of aromatic nitrogens is 1. The number of hydrogen-bond acceptors (Lipinski definition) is 6. The summed E-state index contributed by atoms with van der Waals surface area (Å²) in [4.78, 5) is 39.3. The van der Waals surface area contributed by atoms with Crippen molar-refractivity contribution >= 4 is 29.2 Å². The van der Waals surface area contributed by atoms with E-state index in [9.17, 15) is 14.4 Å². The van der Waals surface area contributed by atoms with E-state index in [1.807, 2.05) is 0 Å². The van der Waals surface area contributed by atoms with Gasteiger partial charge in [-0.1, -0.05) is 19.3 Å². The molecule has 2 amide bonds. The molecule has 1 aliphatic carbocycles. The molecule has 27 heavy (non-hydrogen) atoms. The summed E-state index contributed by atoms with van der Waals surface area (Å²) < 4.78 is 0. The number of amides is 2. The van der Waals surface area contributed by atoms with Crippen LogP contribution < -0.4 is 22.1 Å².